The molecule has 14 nitrogen and oxygen atoms in total. The minimum atomic E-state index is -4.80. The first kappa shape index (κ1) is 33.8. The number of rotatable bonds is 15. The molecule has 0 bridgehead atoms. The molecule has 1 rings (SSSR count). The third-order valence-corrected chi connectivity index (χ3v) is 6.42. The molecule has 0 aromatic heterocycles. The van der Waals surface area contributed by atoms with Crippen LogP contribution in [-0.4, -0.2) is 110 Å². The van der Waals surface area contributed by atoms with Crippen LogP contribution >= 0.6 is 0 Å². The smallest absolute Gasteiger partial charge is 0.379 e. The number of hydrogen-bond donors (Lipinski definition) is 9. The van der Waals surface area contributed by atoms with Gasteiger partial charge in [0.2, 0.25) is 5.91 Å². The second-order valence-corrected chi connectivity index (χ2v) is 9.42. The third kappa shape index (κ3) is 7.92. The number of hydrogen-bond acceptors (Lipinski definition) is 12. The molecule has 0 radical (unpaired) electrons. The zero-order valence-corrected chi connectivity index (χ0v) is 21.4. The van der Waals surface area contributed by atoms with Gasteiger partial charge in [-0.15, -0.1) is 0 Å². The maximum Gasteiger partial charge on any atom is 0.379 e. The number of aliphatic hydroxyl groups excluding tert-OH is 4. The van der Waals surface area contributed by atoms with Gasteiger partial charge in [-0.3, -0.25) is 25.0 Å². The van der Waals surface area contributed by atoms with Crippen molar-refractivity contribution in [3.8, 4) is 0 Å². The summed E-state index contributed by atoms with van der Waals surface area (Å²) in [7, 11) is 0. The highest BCUT2D eigenvalue weighted by atomic mass is 19.3. The number of amides is 2. The Labute approximate surface area is 217 Å². The summed E-state index contributed by atoms with van der Waals surface area (Å²) in [5, 5.41) is 53.0. The minimum absolute atomic E-state index is 0.0852. The van der Waals surface area contributed by atoms with Crippen LogP contribution < -0.4 is 21.9 Å². The summed E-state index contributed by atoms with van der Waals surface area (Å²) >= 11 is 0. The van der Waals surface area contributed by atoms with Gasteiger partial charge in [0.05, 0.1) is 18.7 Å². The predicted molar refractivity (Wildman–Crippen MR) is 125 cm³/mol. The monoisotopic (exact) mass is 556 g/mol. The molecule has 10 N–H and O–H groups in total. The standard InChI is InChI=1S/C22H38F2N4O10/c1-10(19(35)27-11(2)12(3)30)8-14(31)13(28-25)6-4-5-7-26-20(36)21(23,24)22(37)18(34)17(33)16(32)15(9-29)38-22/h10-11,13,15-18,28-29,32-34,37H,4-9,25H2,1-3H3,(H,26,36)(H,27,35)/t10-,11+,13+,15-,16+,17+,18-,22?/m1/s1. The van der Waals surface area contributed by atoms with Crippen molar-refractivity contribution in [2.45, 2.75) is 94.7 Å². The average Bonchev–Trinajstić information content (AvgIpc) is 2.86. The first-order chi connectivity index (χ1) is 17.5. The van der Waals surface area contributed by atoms with E-state index in [2.05, 4.69) is 15.5 Å². The van der Waals surface area contributed by atoms with E-state index in [4.69, 9.17) is 10.9 Å². The number of unbranched alkanes of at least 4 members (excludes halogenated alkanes) is 1. The Morgan fingerprint density at radius 1 is 1.11 bits per heavy atom. The molecule has 0 saturated carbocycles. The number of carbonyl (C=O) groups is 4. The lowest BCUT2D eigenvalue weighted by molar-refractivity contribution is -0.401. The first-order valence-corrected chi connectivity index (χ1v) is 12.1. The maximum atomic E-state index is 14.7. The lowest BCUT2D eigenvalue weighted by Crippen LogP contribution is -2.73. The number of carbonyl (C=O) groups excluding carboxylic acids is 4. The molecule has 220 valence electrons. The lowest BCUT2D eigenvalue weighted by atomic mass is 9.88. The zero-order chi connectivity index (χ0) is 29.4. The summed E-state index contributed by atoms with van der Waals surface area (Å²) in [5.41, 5.74) is 2.31. The summed E-state index contributed by atoms with van der Waals surface area (Å²) in [6.45, 7) is 2.89. The van der Waals surface area contributed by atoms with E-state index in [1.54, 1.807) is 0 Å². The fourth-order valence-corrected chi connectivity index (χ4v) is 3.69. The van der Waals surface area contributed by atoms with E-state index in [-0.39, 0.29) is 38.0 Å². The van der Waals surface area contributed by atoms with Gasteiger partial charge >= 0.3 is 5.92 Å². The number of hydrazine groups is 1. The largest absolute Gasteiger partial charge is 0.394 e. The number of nitrogens with one attached hydrogen (secondary N) is 3. The Morgan fingerprint density at radius 2 is 1.71 bits per heavy atom. The third-order valence-electron chi connectivity index (χ3n) is 6.42. The zero-order valence-electron chi connectivity index (χ0n) is 21.4. The van der Waals surface area contributed by atoms with Crippen molar-refractivity contribution in [2.75, 3.05) is 13.2 Å². The van der Waals surface area contributed by atoms with Crippen LogP contribution in [0.2, 0.25) is 0 Å². The molecule has 1 heterocycles. The Morgan fingerprint density at radius 3 is 2.24 bits per heavy atom. The number of ether oxygens (including phenoxy) is 1. The van der Waals surface area contributed by atoms with Gasteiger partial charge in [-0.05, 0) is 33.1 Å². The van der Waals surface area contributed by atoms with Gasteiger partial charge in [-0.2, -0.15) is 8.78 Å². The van der Waals surface area contributed by atoms with Crippen LogP contribution in [0.5, 0.6) is 0 Å². The molecule has 0 spiro atoms. The number of alkyl halides is 2. The van der Waals surface area contributed by atoms with Crippen molar-refractivity contribution < 1.29 is 58.2 Å². The van der Waals surface area contributed by atoms with Crippen LogP contribution in [0.3, 0.4) is 0 Å². The second kappa shape index (κ2) is 14.3. The number of ketones is 2. The molecule has 1 saturated heterocycles. The van der Waals surface area contributed by atoms with E-state index >= 15 is 0 Å². The molecule has 16 heteroatoms. The van der Waals surface area contributed by atoms with Crippen molar-refractivity contribution in [3.05, 3.63) is 0 Å². The van der Waals surface area contributed by atoms with E-state index in [0.29, 0.717) is 0 Å². The van der Waals surface area contributed by atoms with Crippen LogP contribution in [0.25, 0.3) is 0 Å². The average molecular weight is 557 g/mol. The fourth-order valence-electron chi connectivity index (χ4n) is 3.69. The van der Waals surface area contributed by atoms with Crippen LogP contribution in [0, 0.1) is 5.92 Å². The quantitative estimate of drug-likeness (QED) is 0.0544. The van der Waals surface area contributed by atoms with Gasteiger partial charge in [0.15, 0.2) is 11.6 Å². The summed E-state index contributed by atoms with van der Waals surface area (Å²) in [5.74, 6) is -7.24. The summed E-state index contributed by atoms with van der Waals surface area (Å²) in [6.07, 6.45) is -8.76. The van der Waals surface area contributed by atoms with Gasteiger partial charge in [-0.1, -0.05) is 6.92 Å². The highest BCUT2D eigenvalue weighted by Crippen LogP contribution is 2.40. The molecule has 1 aliphatic heterocycles. The number of halogens is 2. The fraction of sp³-hybridized carbons (Fsp3) is 0.818. The molecular formula is C22H38F2N4O10. The molecule has 2 amide bonds. The van der Waals surface area contributed by atoms with Crippen molar-refractivity contribution in [1.82, 2.24) is 16.1 Å². The van der Waals surface area contributed by atoms with Crippen LogP contribution in [0.4, 0.5) is 8.78 Å². The highest BCUT2D eigenvalue weighted by Gasteiger charge is 2.69. The number of Topliss-reactive ketones (excluding diaryl/α,β-unsaturated/α-hetero) is 2. The SMILES string of the molecule is CC(=O)[C@H](C)NC(=O)[C@H](C)CC(=O)[C@H](CCCCNC(=O)C(F)(F)C1(O)O[C@H](CO)[C@H](O)[C@H](O)[C@H]1O)NN. The molecule has 0 aliphatic carbocycles. The van der Waals surface area contributed by atoms with Crippen LogP contribution in [-0.2, 0) is 23.9 Å². The van der Waals surface area contributed by atoms with Gasteiger partial charge in [0.1, 0.15) is 24.4 Å². The summed E-state index contributed by atoms with van der Waals surface area (Å²) in [6, 6.07) is -1.57. The van der Waals surface area contributed by atoms with E-state index < -0.39 is 78.3 Å². The molecule has 38 heavy (non-hydrogen) atoms. The Balaban J connectivity index is 2.59. The Hall–Kier alpha value is -2.18. The van der Waals surface area contributed by atoms with Gasteiger partial charge in [-0.25, -0.2) is 5.43 Å². The van der Waals surface area contributed by atoms with Crippen LogP contribution in [0.15, 0.2) is 0 Å². The highest BCUT2D eigenvalue weighted by molar-refractivity contribution is 5.92. The van der Waals surface area contributed by atoms with E-state index in [0.717, 1.165) is 0 Å². The molecule has 1 aliphatic rings. The molecule has 0 aromatic carbocycles. The summed E-state index contributed by atoms with van der Waals surface area (Å²) in [4.78, 5) is 48.0. The topological polar surface area (TPSA) is 241 Å². The predicted octanol–water partition coefficient (Wildman–Crippen LogP) is -3.41. The Bertz CT molecular complexity index is 849. The first-order valence-electron chi connectivity index (χ1n) is 12.1. The van der Waals surface area contributed by atoms with E-state index in [9.17, 15) is 48.4 Å². The van der Waals surface area contributed by atoms with Gasteiger partial charge in [0.25, 0.3) is 11.7 Å². The molecule has 1 fully saturated rings. The van der Waals surface area contributed by atoms with Crippen molar-refractivity contribution in [1.29, 1.82) is 0 Å². The second-order valence-electron chi connectivity index (χ2n) is 9.42. The Kier molecular flexibility index (Phi) is 12.7. The molecule has 8 atom stereocenters. The molecular weight excluding hydrogens is 518 g/mol. The molecule has 0 aromatic rings. The number of nitrogens with two attached hydrogens (primary N) is 1. The normalized spacial score (nSPS) is 28.2. The van der Waals surface area contributed by atoms with E-state index in [1.165, 1.54) is 20.8 Å². The summed E-state index contributed by atoms with van der Waals surface area (Å²) < 4.78 is 33.9. The van der Waals surface area contributed by atoms with Crippen molar-refractivity contribution in [2.24, 2.45) is 11.8 Å². The van der Waals surface area contributed by atoms with Gasteiger partial charge < -0.3 is 40.9 Å². The number of aliphatic hydroxyl groups is 5. The van der Waals surface area contributed by atoms with Crippen molar-refractivity contribution >= 4 is 23.4 Å². The van der Waals surface area contributed by atoms with E-state index in [1.807, 2.05) is 5.32 Å². The van der Waals surface area contributed by atoms with Gasteiger partial charge in [0, 0.05) is 18.9 Å². The van der Waals surface area contributed by atoms with Crippen LogP contribution in [0.1, 0.15) is 46.5 Å². The maximum absolute atomic E-state index is 14.7. The molecule has 1 unspecified atom stereocenters. The minimum Gasteiger partial charge on any atom is -0.394 e. The lowest BCUT2D eigenvalue weighted by Gasteiger charge is -2.47. The van der Waals surface area contributed by atoms with Crippen molar-refractivity contribution in [3.63, 3.8) is 0 Å².